The lowest BCUT2D eigenvalue weighted by Crippen LogP contribution is -2.88. The van der Waals surface area contributed by atoms with E-state index < -0.39 is 33.9 Å². The van der Waals surface area contributed by atoms with Gasteiger partial charge in [0.15, 0.2) is 0 Å². The first-order valence-corrected chi connectivity index (χ1v) is 21.9. The smallest absolute Gasteiger partial charge is 0.265 e. The van der Waals surface area contributed by atoms with Crippen molar-refractivity contribution >= 4 is 33.9 Å². The van der Waals surface area contributed by atoms with Crippen molar-refractivity contribution < 1.29 is 8.23 Å². The molecule has 0 aliphatic carbocycles. The second-order valence-electron chi connectivity index (χ2n) is 17.4. The quantitative estimate of drug-likeness (QED) is 0.297. The lowest BCUT2D eigenvalue weighted by Gasteiger charge is -2.67. The van der Waals surface area contributed by atoms with Crippen molar-refractivity contribution in [3.05, 3.63) is 0 Å². The van der Waals surface area contributed by atoms with E-state index in [2.05, 4.69) is 147 Å². The van der Waals surface area contributed by atoms with Crippen LogP contribution in [0.15, 0.2) is 0 Å². The lowest BCUT2D eigenvalue weighted by molar-refractivity contribution is 0.322. The minimum absolute atomic E-state index is 0.00142. The van der Waals surface area contributed by atoms with Crippen molar-refractivity contribution in [2.24, 2.45) is 0 Å². The third kappa shape index (κ3) is 5.31. The summed E-state index contributed by atoms with van der Waals surface area (Å²) >= 11 is 0. The Balaban J connectivity index is 4.30. The lowest BCUT2D eigenvalue weighted by atomic mass is 10.2. The molecule has 0 aromatic rings. The molecule has 0 spiro atoms. The predicted molar refractivity (Wildman–Crippen MR) is 161 cm³/mol. The minimum Gasteiger partial charge on any atom is -0.432 e. The van der Waals surface area contributed by atoms with Crippen molar-refractivity contribution in [2.75, 3.05) is 0 Å². The first-order chi connectivity index (χ1) is 14.3. The van der Waals surface area contributed by atoms with Crippen molar-refractivity contribution in [2.45, 2.75) is 168 Å². The molecule has 0 amide bonds. The minimum atomic E-state index is -2.63. The monoisotopic (exact) mass is 546 g/mol. The molecular formula is C26H62N2O2Si4. The molecule has 2 N–H and O–H groups in total. The van der Waals surface area contributed by atoms with Crippen LogP contribution in [-0.2, 0) is 8.23 Å². The van der Waals surface area contributed by atoms with Crippen molar-refractivity contribution in [1.82, 2.24) is 9.30 Å². The maximum absolute atomic E-state index is 7.94. The van der Waals surface area contributed by atoms with E-state index >= 15 is 0 Å². The molecule has 0 radical (unpaired) electrons. The van der Waals surface area contributed by atoms with E-state index in [0.717, 1.165) is 0 Å². The van der Waals surface area contributed by atoms with Gasteiger partial charge in [-0.25, -0.2) is 0 Å². The van der Waals surface area contributed by atoms with E-state index in [1.54, 1.807) is 0 Å². The van der Waals surface area contributed by atoms with Crippen LogP contribution in [0.25, 0.3) is 0 Å². The predicted octanol–water partition coefficient (Wildman–Crippen LogP) is 9.04. The maximum atomic E-state index is 7.94. The second kappa shape index (κ2) is 8.61. The summed E-state index contributed by atoms with van der Waals surface area (Å²) in [6.45, 7) is 47.9. The standard InChI is InChI=1S/C26H62N2O2Si4/c1-21(2,3)31(19)27-33(23(7,8)9,24(10,11)12)30-32(20,22(4,5)6)28-34(29-31,25(13,14)15)26(16,17)18/h27-28H,1-20H3. The van der Waals surface area contributed by atoms with Gasteiger partial charge >= 0.3 is 0 Å². The Kier molecular flexibility index (Phi) is 8.29. The van der Waals surface area contributed by atoms with Gasteiger partial charge in [-0.3, -0.25) is 0 Å². The third-order valence-corrected chi connectivity index (χ3v) is 35.2. The molecule has 1 rings (SSSR count). The average molecular weight is 547 g/mol. The fourth-order valence-corrected chi connectivity index (χ4v) is 39.5. The number of hydrogen-bond donors (Lipinski definition) is 2. The maximum Gasteiger partial charge on any atom is 0.265 e. The van der Waals surface area contributed by atoms with Gasteiger partial charge in [-0.05, 0) is 43.3 Å². The molecule has 0 saturated carbocycles. The molecule has 0 aromatic heterocycles. The molecular weight excluding hydrogens is 485 g/mol. The number of nitrogens with one attached hydrogen (secondary N) is 2. The highest BCUT2D eigenvalue weighted by molar-refractivity contribution is 7.04. The first-order valence-electron chi connectivity index (χ1n) is 13.3. The molecule has 1 aliphatic rings. The number of hydrogen-bond acceptors (Lipinski definition) is 4. The first kappa shape index (κ1) is 32.7. The van der Waals surface area contributed by atoms with Crippen molar-refractivity contribution in [3.63, 3.8) is 0 Å². The summed E-state index contributed by atoms with van der Waals surface area (Å²) in [6, 6.07) is 0. The van der Waals surface area contributed by atoms with E-state index in [1.165, 1.54) is 0 Å². The van der Waals surface area contributed by atoms with E-state index in [0.29, 0.717) is 0 Å². The Bertz CT molecular complexity index is 634. The van der Waals surface area contributed by atoms with E-state index in [9.17, 15) is 0 Å². The molecule has 2 unspecified atom stereocenters. The number of rotatable bonds is 0. The molecule has 1 fully saturated rings. The third-order valence-electron chi connectivity index (χ3n) is 8.63. The van der Waals surface area contributed by atoms with Gasteiger partial charge in [0.2, 0.25) is 0 Å². The van der Waals surface area contributed by atoms with Crippen LogP contribution < -0.4 is 9.30 Å². The van der Waals surface area contributed by atoms with Gasteiger partial charge in [0.1, 0.15) is 0 Å². The Morgan fingerprint density at radius 2 is 0.529 bits per heavy atom. The van der Waals surface area contributed by atoms with Gasteiger partial charge in [-0.1, -0.05) is 125 Å². The van der Waals surface area contributed by atoms with Crippen molar-refractivity contribution in [3.8, 4) is 0 Å². The highest BCUT2D eigenvalue weighted by atomic mass is 28.5. The summed E-state index contributed by atoms with van der Waals surface area (Å²) in [5.41, 5.74) is 0. The van der Waals surface area contributed by atoms with E-state index in [4.69, 9.17) is 8.23 Å². The van der Waals surface area contributed by atoms with Crippen LogP contribution in [0.3, 0.4) is 0 Å². The Morgan fingerprint density at radius 3 is 0.647 bits per heavy atom. The normalized spacial score (nSPS) is 30.0. The highest BCUT2D eigenvalue weighted by Crippen LogP contribution is 2.60. The van der Waals surface area contributed by atoms with Crippen LogP contribution in [0.1, 0.15) is 125 Å². The van der Waals surface area contributed by atoms with Crippen LogP contribution in [0, 0.1) is 0 Å². The molecule has 1 heterocycles. The fourth-order valence-electron chi connectivity index (χ4n) is 5.68. The van der Waals surface area contributed by atoms with Gasteiger partial charge in [0.25, 0.3) is 33.9 Å². The van der Waals surface area contributed by atoms with Crippen LogP contribution in [0.4, 0.5) is 0 Å². The van der Waals surface area contributed by atoms with E-state index in [-0.39, 0.29) is 30.2 Å². The molecule has 0 aromatic carbocycles. The molecule has 1 saturated heterocycles. The topological polar surface area (TPSA) is 42.5 Å². The Hall–Kier alpha value is 0.708. The van der Waals surface area contributed by atoms with E-state index in [1.807, 2.05) is 0 Å². The summed E-state index contributed by atoms with van der Waals surface area (Å²) in [7, 11) is -10.4. The summed E-state index contributed by atoms with van der Waals surface area (Å²) in [6.07, 6.45) is 0. The summed E-state index contributed by atoms with van der Waals surface area (Å²) in [5, 5.41) is -0.0571. The van der Waals surface area contributed by atoms with Gasteiger partial charge in [-0.15, -0.1) is 0 Å². The molecule has 8 heteroatoms. The Morgan fingerprint density at radius 1 is 0.353 bits per heavy atom. The van der Waals surface area contributed by atoms with Gasteiger partial charge in [0.05, 0.1) is 0 Å². The van der Waals surface area contributed by atoms with Crippen LogP contribution in [0.2, 0.25) is 43.3 Å². The zero-order valence-corrected chi connectivity index (χ0v) is 30.8. The SMILES string of the molecule is CC(C)(C)[Si]1(C)N[Si](C(C)(C)C)(C(C)(C)C)O[Si](C)(C(C)(C)C)N[Si](C(C)(C)C)(C(C)(C)C)O1. The van der Waals surface area contributed by atoms with Gasteiger partial charge in [-0.2, -0.15) is 0 Å². The summed E-state index contributed by atoms with van der Waals surface area (Å²) < 4.78 is 24.8. The van der Waals surface area contributed by atoms with Crippen LogP contribution in [-0.4, -0.2) is 33.9 Å². The second-order valence-corrected chi connectivity index (χ2v) is 36.9. The largest absolute Gasteiger partial charge is 0.432 e. The zero-order chi connectivity index (χ0) is 27.8. The fraction of sp³-hybridized carbons (Fsp3) is 1.00. The summed E-state index contributed by atoms with van der Waals surface area (Å²) in [5.74, 6) is 0. The van der Waals surface area contributed by atoms with Crippen LogP contribution >= 0.6 is 0 Å². The molecule has 0 bridgehead atoms. The summed E-state index contributed by atoms with van der Waals surface area (Å²) in [4.78, 5) is 0. The highest BCUT2D eigenvalue weighted by Gasteiger charge is 2.71. The van der Waals surface area contributed by atoms with Crippen LogP contribution in [0.5, 0.6) is 0 Å². The molecule has 1 aliphatic heterocycles. The van der Waals surface area contributed by atoms with Gasteiger partial charge < -0.3 is 17.5 Å². The molecule has 34 heavy (non-hydrogen) atoms. The molecule has 2 atom stereocenters. The average Bonchev–Trinajstić information content (AvgIpc) is 2.44. The van der Waals surface area contributed by atoms with Gasteiger partial charge in [0, 0.05) is 0 Å². The zero-order valence-electron chi connectivity index (χ0n) is 26.8. The molecule has 4 nitrogen and oxygen atoms in total. The van der Waals surface area contributed by atoms with Crippen molar-refractivity contribution in [1.29, 1.82) is 0 Å². The Labute approximate surface area is 219 Å². The molecule has 204 valence electrons.